The van der Waals surface area contributed by atoms with Crippen LogP contribution in [0.1, 0.15) is 37.8 Å². The molecule has 1 saturated carbocycles. The molecule has 1 aromatic carbocycles. The van der Waals surface area contributed by atoms with Gasteiger partial charge in [0.1, 0.15) is 12.1 Å². The Kier molecular flexibility index (Phi) is 4.57. The van der Waals surface area contributed by atoms with E-state index in [9.17, 15) is 19.5 Å². The Hall–Kier alpha value is -2.70. The average molecular weight is 343 g/mol. The number of carboxylic acid groups (broad SMARTS) is 1. The Morgan fingerprint density at radius 2 is 1.84 bits per heavy atom. The van der Waals surface area contributed by atoms with Gasteiger partial charge >= 0.3 is 5.97 Å². The van der Waals surface area contributed by atoms with Gasteiger partial charge < -0.3 is 10.4 Å². The molecule has 25 heavy (non-hydrogen) atoms. The standard InChI is InChI=1S/C18H21N3O4/c1-12-13-7-3-4-8-14(13)16(23)21(20-12)11-15(22)19-18(17(24)25)9-5-2-6-10-18/h3-4,7-8H,2,5-6,9-11H2,1H3,(H,19,22)(H,24,25). The Morgan fingerprint density at radius 1 is 1.20 bits per heavy atom. The van der Waals surface area contributed by atoms with Crippen LogP contribution in [0.25, 0.3) is 10.8 Å². The minimum atomic E-state index is -1.23. The molecule has 2 N–H and O–H groups in total. The van der Waals surface area contributed by atoms with Gasteiger partial charge in [-0.3, -0.25) is 9.59 Å². The number of benzene rings is 1. The number of amides is 1. The molecule has 0 unspecified atom stereocenters. The van der Waals surface area contributed by atoms with Crippen LogP contribution in [0.15, 0.2) is 29.1 Å². The van der Waals surface area contributed by atoms with Crippen molar-refractivity contribution in [1.82, 2.24) is 15.1 Å². The van der Waals surface area contributed by atoms with Gasteiger partial charge in [-0.05, 0) is 25.8 Å². The molecule has 0 radical (unpaired) electrons. The van der Waals surface area contributed by atoms with E-state index in [2.05, 4.69) is 10.4 Å². The van der Waals surface area contributed by atoms with Gasteiger partial charge in [-0.1, -0.05) is 37.5 Å². The largest absolute Gasteiger partial charge is 0.480 e. The highest BCUT2D eigenvalue weighted by Gasteiger charge is 2.40. The number of rotatable bonds is 4. The van der Waals surface area contributed by atoms with Crippen LogP contribution in [0.4, 0.5) is 0 Å². The molecule has 7 heteroatoms. The average Bonchev–Trinajstić information content (AvgIpc) is 2.60. The summed E-state index contributed by atoms with van der Waals surface area (Å²) in [6.45, 7) is 1.48. The lowest BCUT2D eigenvalue weighted by Crippen LogP contribution is -2.56. The third-order valence-corrected chi connectivity index (χ3v) is 4.84. The first-order valence-electron chi connectivity index (χ1n) is 8.44. The lowest BCUT2D eigenvalue weighted by atomic mass is 9.81. The van der Waals surface area contributed by atoms with Gasteiger partial charge in [-0.2, -0.15) is 5.10 Å². The van der Waals surface area contributed by atoms with Crippen molar-refractivity contribution < 1.29 is 14.7 Å². The molecule has 1 aliphatic carbocycles. The molecule has 1 fully saturated rings. The second kappa shape index (κ2) is 6.66. The molecule has 1 amide bonds. The predicted molar refractivity (Wildman–Crippen MR) is 92.3 cm³/mol. The highest BCUT2D eigenvalue weighted by atomic mass is 16.4. The number of carbonyl (C=O) groups excluding carboxylic acids is 1. The maximum Gasteiger partial charge on any atom is 0.329 e. The van der Waals surface area contributed by atoms with E-state index in [1.165, 1.54) is 0 Å². The van der Waals surface area contributed by atoms with Crippen molar-refractivity contribution in [2.75, 3.05) is 0 Å². The molecule has 1 aromatic heterocycles. The molecule has 132 valence electrons. The second-order valence-corrected chi connectivity index (χ2v) is 6.59. The molecular formula is C18H21N3O4. The second-order valence-electron chi connectivity index (χ2n) is 6.59. The van der Waals surface area contributed by atoms with Crippen LogP contribution >= 0.6 is 0 Å². The molecule has 1 heterocycles. The van der Waals surface area contributed by atoms with Crippen molar-refractivity contribution in [2.45, 2.75) is 51.1 Å². The summed E-state index contributed by atoms with van der Waals surface area (Å²) in [6.07, 6.45) is 3.32. The van der Waals surface area contributed by atoms with E-state index in [1.807, 2.05) is 12.1 Å². The third kappa shape index (κ3) is 3.26. The monoisotopic (exact) mass is 343 g/mol. The molecule has 1 aliphatic rings. The number of carboxylic acids is 1. The van der Waals surface area contributed by atoms with Crippen LogP contribution in [0, 0.1) is 6.92 Å². The fourth-order valence-electron chi connectivity index (χ4n) is 3.50. The summed E-state index contributed by atoms with van der Waals surface area (Å²) in [4.78, 5) is 36.6. The fourth-order valence-corrected chi connectivity index (χ4v) is 3.50. The van der Waals surface area contributed by atoms with Gasteiger partial charge in [0.05, 0.1) is 11.1 Å². The quantitative estimate of drug-likeness (QED) is 0.878. The van der Waals surface area contributed by atoms with E-state index < -0.39 is 17.4 Å². The molecule has 3 rings (SSSR count). The van der Waals surface area contributed by atoms with Gasteiger partial charge in [0.15, 0.2) is 0 Å². The maximum atomic E-state index is 12.5. The van der Waals surface area contributed by atoms with Gasteiger partial charge in [0.25, 0.3) is 5.56 Å². The van der Waals surface area contributed by atoms with Crippen molar-refractivity contribution in [3.8, 4) is 0 Å². The van der Waals surface area contributed by atoms with Crippen molar-refractivity contribution in [1.29, 1.82) is 0 Å². The van der Waals surface area contributed by atoms with E-state index >= 15 is 0 Å². The van der Waals surface area contributed by atoms with Crippen molar-refractivity contribution >= 4 is 22.6 Å². The number of aliphatic carboxylic acids is 1. The molecule has 7 nitrogen and oxygen atoms in total. The number of carbonyl (C=O) groups is 2. The van der Waals surface area contributed by atoms with Crippen molar-refractivity contribution in [3.05, 3.63) is 40.3 Å². The van der Waals surface area contributed by atoms with Gasteiger partial charge in [0.2, 0.25) is 5.91 Å². The minimum absolute atomic E-state index is 0.292. The number of hydrogen-bond donors (Lipinski definition) is 2. The summed E-state index contributed by atoms with van der Waals surface area (Å²) in [5, 5.41) is 17.6. The SMILES string of the molecule is Cc1nn(CC(=O)NC2(C(=O)O)CCCCC2)c(=O)c2ccccc12. The first-order chi connectivity index (χ1) is 11.9. The highest BCUT2D eigenvalue weighted by molar-refractivity contribution is 5.87. The zero-order valence-corrected chi connectivity index (χ0v) is 14.1. The van der Waals surface area contributed by atoms with Gasteiger partial charge in [-0.25, -0.2) is 9.48 Å². The number of fused-ring (bicyclic) bond motifs is 1. The van der Waals surface area contributed by atoms with E-state index in [1.54, 1.807) is 19.1 Å². The first-order valence-corrected chi connectivity index (χ1v) is 8.44. The zero-order valence-electron chi connectivity index (χ0n) is 14.1. The predicted octanol–water partition coefficient (Wildman–Crippen LogP) is 1.61. The van der Waals surface area contributed by atoms with Crippen LogP contribution in [0.5, 0.6) is 0 Å². The van der Waals surface area contributed by atoms with Crippen LogP contribution in [0.3, 0.4) is 0 Å². The third-order valence-electron chi connectivity index (χ3n) is 4.84. The molecule has 2 aromatic rings. The Morgan fingerprint density at radius 3 is 2.48 bits per heavy atom. The van der Waals surface area contributed by atoms with Crippen LogP contribution in [-0.4, -0.2) is 32.3 Å². The maximum absolute atomic E-state index is 12.5. The smallest absolute Gasteiger partial charge is 0.329 e. The number of nitrogens with one attached hydrogen (secondary N) is 1. The summed E-state index contributed by atoms with van der Waals surface area (Å²) in [5.41, 5.74) is -0.942. The van der Waals surface area contributed by atoms with Crippen molar-refractivity contribution in [2.24, 2.45) is 0 Å². The van der Waals surface area contributed by atoms with Crippen LogP contribution in [-0.2, 0) is 16.1 Å². The molecule has 0 atom stereocenters. The highest BCUT2D eigenvalue weighted by Crippen LogP contribution is 2.28. The molecular weight excluding hydrogens is 322 g/mol. The van der Waals surface area contributed by atoms with Gasteiger partial charge in [0, 0.05) is 5.39 Å². The number of aromatic nitrogens is 2. The van der Waals surface area contributed by atoms with Crippen LogP contribution in [0.2, 0.25) is 0 Å². The van der Waals surface area contributed by atoms with E-state index in [4.69, 9.17) is 0 Å². The topological polar surface area (TPSA) is 101 Å². The summed E-state index contributed by atoms with van der Waals surface area (Å²) < 4.78 is 1.10. The number of hydrogen-bond acceptors (Lipinski definition) is 4. The van der Waals surface area contributed by atoms with Crippen molar-refractivity contribution in [3.63, 3.8) is 0 Å². The number of aryl methyl sites for hydroxylation is 1. The van der Waals surface area contributed by atoms with Crippen LogP contribution < -0.4 is 10.9 Å². The van der Waals surface area contributed by atoms with E-state index in [0.717, 1.165) is 29.3 Å². The molecule has 0 spiro atoms. The van der Waals surface area contributed by atoms with Gasteiger partial charge in [-0.15, -0.1) is 0 Å². The summed E-state index contributed by atoms with van der Waals surface area (Å²) in [5.74, 6) is -1.52. The summed E-state index contributed by atoms with van der Waals surface area (Å²) in [6, 6.07) is 7.09. The zero-order chi connectivity index (χ0) is 18.0. The molecule has 0 aliphatic heterocycles. The Labute approximate surface area is 144 Å². The first kappa shape index (κ1) is 17.1. The molecule has 0 saturated heterocycles. The Balaban J connectivity index is 1.86. The lowest BCUT2D eigenvalue weighted by Gasteiger charge is -2.33. The number of nitrogens with zero attached hydrogens (tertiary/aromatic N) is 2. The minimum Gasteiger partial charge on any atom is -0.480 e. The molecule has 0 bridgehead atoms. The fraction of sp³-hybridized carbons (Fsp3) is 0.444. The normalized spacial score (nSPS) is 16.5. The summed E-state index contributed by atoms with van der Waals surface area (Å²) in [7, 11) is 0. The lowest BCUT2D eigenvalue weighted by molar-refractivity contribution is -0.149. The summed E-state index contributed by atoms with van der Waals surface area (Å²) >= 11 is 0. The Bertz CT molecular complexity index is 882. The van der Waals surface area contributed by atoms with E-state index in [-0.39, 0.29) is 12.1 Å². The van der Waals surface area contributed by atoms with E-state index in [0.29, 0.717) is 23.9 Å².